The Morgan fingerprint density at radius 2 is 2.00 bits per heavy atom. The van der Waals surface area contributed by atoms with Gasteiger partial charge in [0.05, 0.1) is 12.6 Å². The van der Waals surface area contributed by atoms with Gasteiger partial charge in [0.25, 0.3) is 0 Å². The summed E-state index contributed by atoms with van der Waals surface area (Å²) in [4.78, 5) is 35.1. The van der Waals surface area contributed by atoms with Crippen LogP contribution in [0.2, 0.25) is 0 Å². The maximum Gasteiger partial charge on any atom is 0.229 e. The normalized spacial score (nSPS) is 16.5. The third kappa shape index (κ3) is 6.04. The van der Waals surface area contributed by atoms with E-state index in [1.165, 1.54) is 0 Å². The Balaban J connectivity index is 1.52. The molecule has 0 saturated carbocycles. The maximum absolute atomic E-state index is 12.4. The van der Waals surface area contributed by atoms with Crippen LogP contribution in [0.3, 0.4) is 0 Å². The number of pyridine rings is 1. The Morgan fingerprint density at radius 3 is 2.73 bits per heavy atom. The Morgan fingerprint density at radius 1 is 1.20 bits per heavy atom. The van der Waals surface area contributed by atoms with E-state index in [2.05, 4.69) is 25.9 Å². The molecule has 1 aliphatic heterocycles. The van der Waals surface area contributed by atoms with Crippen molar-refractivity contribution in [2.45, 2.75) is 32.7 Å². The Kier molecular flexibility index (Phi) is 7.37. The van der Waals surface area contributed by atoms with Crippen molar-refractivity contribution in [3.05, 3.63) is 54.2 Å². The highest BCUT2D eigenvalue weighted by Gasteiger charge is 2.31. The van der Waals surface area contributed by atoms with Crippen LogP contribution in [0, 0.1) is 6.92 Å². The number of carbonyl (C=O) groups excluding carboxylic acids is 2. The number of para-hydroxylation sites is 1. The summed E-state index contributed by atoms with van der Waals surface area (Å²) in [6, 6.07) is 15.1. The molecule has 1 fully saturated rings. The minimum absolute atomic E-state index is 0.0409. The number of aromatic nitrogens is 1. The number of hydrogen-bond acceptors (Lipinski definition) is 4. The molecule has 2 aromatic rings. The zero-order valence-electron chi connectivity index (χ0n) is 17.4. The number of aryl methyl sites for hydroxylation is 1. The number of amides is 2. The van der Waals surface area contributed by atoms with E-state index in [1.807, 2.05) is 56.3 Å². The first-order chi connectivity index (χ1) is 14.5. The lowest BCUT2D eigenvalue weighted by molar-refractivity contribution is -0.117. The fourth-order valence-corrected chi connectivity index (χ4v) is 3.26. The number of carbonyl (C=O) groups is 2. The van der Waals surface area contributed by atoms with Crippen LogP contribution in [-0.4, -0.2) is 48.4 Å². The summed E-state index contributed by atoms with van der Waals surface area (Å²) in [6.07, 6.45) is 0.644. The van der Waals surface area contributed by atoms with Gasteiger partial charge in [0.2, 0.25) is 11.8 Å². The number of benzene rings is 1. The van der Waals surface area contributed by atoms with Gasteiger partial charge in [-0.25, -0.2) is 4.98 Å². The SMILES string of the molecule is CCNC(=NCCC(=O)Nc1cccc(C)n1)NC1CC(=O)N(c2ccccc2)C1. The van der Waals surface area contributed by atoms with Gasteiger partial charge in [-0.15, -0.1) is 0 Å². The molecule has 3 N–H and O–H groups in total. The first-order valence-corrected chi connectivity index (χ1v) is 10.2. The summed E-state index contributed by atoms with van der Waals surface area (Å²) < 4.78 is 0. The smallest absolute Gasteiger partial charge is 0.229 e. The van der Waals surface area contributed by atoms with Crippen LogP contribution in [-0.2, 0) is 9.59 Å². The van der Waals surface area contributed by atoms with Crippen LogP contribution in [0.15, 0.2) is 53.5 Å². The van der Waals surface area contributed by atoms with Gasteiger partial charge in [-0.3, -0.25) is 14.6 Å². The molecule has 1 aromatic carbocycles. The molecular formula is C22H28N6O2. The molecule has 30 heavy (non-hydrogen) atoms. The zero-order chi connectivity index (χ0) is 21.3. The standard InChI is InChI=1S/C22H28N6O2/c1-3-23-22(24-13-12-20(29)27-19-11-7-8-16(2)25-19)26-17-14-21(30)28(15-17)18-9-5-4-6-10-18/h4-11,17H,3,12-15H2,1-2H3,(H2,23,24,26)(H,25,27,29). The van der Waals surface area contributed by atoms with Crippen LogP contribution in [0.1, 0.15) is 25.5 Å². The van der Waals surface area contributed by atoms with Gasteiger partial charge in [0.15, 0.2) is 5.96 Å². The largest absolute Gasteiger partial charge is 0.357 e. The summed E-state index contributed by atoms with van der Waals surface area (Å²) in [5, 5.41) is 9.27. The third-order valence-electron chi connectivity index (χ3n) is 4.64. The molecule has 158 valence electrons. The molecular weight excluding hydrogens is 380 g/mol. The number of rotatable bonds is 7. The van der Waals surface area contributed by atoms with E-state index >= 15 is 0 Å². The van der Waals surface area contributed by atoms with Gasteiger partial charge >= 0.3 is 0 Å². The van der Waals surface area contributed by atoms with Gasteiger partial charge in [-0.1, -0.05) is 24.3 Å². The minimum atomic E-state index is -0.140. The summed E-state index contributed by atoms with van der Waals surface area (Å²) in [7, 11) is 0. The van der Waals surface area contributed by atoms with Gasteiger partial charge < -0.3 is 20.9 Å². The second-order valence-electron chi connectivity index (χ2n) is 7.11. The molecule has 0 spiro atoms. The molecule has 0 radical (unpaired) electrons. The Bertz CT molecular complexity index is 900. The lowest BCUT2D eigenvalue weighted by atomic mass is 10.2. The summed E-state index contributed by atoms with van der Waals surface area (Å²) in [5.41, 5.74) is 1.75. The third-order valence-corrected chi connectivity index (χ3v) is 4.64. The van der Waals surface area contributed by atoms with Crippen molar-refractivity contribution in [3.63, 3.8) is 0 Å². The van der Waals surface area contributed by atoms with Crippen molar-refractivity contribution in [2.24, 2.45) is 4.99 Å². The molecule has 0 bridgehead atoms. The molecule has 3 rings (SSSR count). The van der Waals surface area contributed by atoms with Crippen molar-refractivity contribution in [3.8, 4) is 0 Å². The van der Waals surface area contributed by atoms with Gasteiger partial charge in [0.1, 0.15) is 5.82 Å². The Hall–Kier alpha value is -3.42. The molecule has 1 aromatic heterocycles. The molecule has 1 unspecified atom stereocenters. The lowest BCUT2D eigenvalue weighted by Gasteiger charge is -2.19. The van der Waals surface area contributed by atoms with Gasteiger partial charge in [-0.05, 0) is 38.1 Å². The van der Waals surface area contributed by atoms with Crippen molar-refractivity contribution >= 4 is 29.3 Å². The lowest BCUT2D eigenvalue weighted by Crippen LogP contribution is -2.44. The predicted molar refractivity (Wildman–Crippen MR) is 119 cm³/mol. The summed E-state index contributed by atoms with van der Waals surface area (Å²) >= 11 is 0. The van der Waals surface area contributed by atoms with E-state index in [1.54, 1.807) is 11.0 Å². The second kappa shape index (κ2) is 10.4. The van der Waals surface area contributed by atoms with E-state index < -0.39 is 0 Å². The first kappa shape index (κ1) is 21.3. The highest BCUT2D eigenvalue weighted by Crippen LogP contribution is 2.20. The number of aliphatic imine (C=N–C) groups is 1. The number of nitrogens with one attached hydrogen (secondary N) is 3. The molecule has 8 nitrogen and oxygen atoms in total. The predicted octanol–water partition coefficient (Wildman–Crippen LogP) is 2.08. The summed E-state index contributed by atoms with van der Waals surface area (Å²) in [6.45, 7) is 5.45. The highest BCUT2D eigenvalue weighted by molar-refractivity contribution is 5.97. The zero-order valence-corrected chi connectivity index (χ0v) is 17.4. The first-order valence-electron chi connectivity index (χ1n) is 10.2. The van der Waals surface area contributed by atoms with E-state index in [-0.39, 0.29) is 24.3 Å². The fourth-order valence-electron chi connectivity index (χ4n) is 3.26. The fraction of sp³-hybridized carbons (Fsp3) is 0.364. The van der Waals surface area contributed by atoms with Crippen molar-refractivity contribution in [2.75, 3.05) is 29.9 Å². The Labute approximate surface area is 176 Å². The molecule has 8 heteroatoms. The van der Waals surface area contributed by atoms with Crippen molar-refractivity contribution < 1.29 is 9.59 Å². The molecule has 1 atom stereocenters. The quantitative estimate of drug-likeness (QED) is 0.481. The van der Waals surface area contributed by atoms with Gasteiger partial charge in [-0.2, -0.15) is 0 Å². The number of hydrogen-bond donors (Lipinski definition) is 3. The van der Waals surface area contributed by atoms with E-state index in [4.69, 9.17) is 0 Å². The molecule has 2 heterocycles. The monoisotopic (exact) mass is 408 g/mol. The second-order valence-corrected chi connectivity index (χ2v) is 7.11. The van der Waals surface area contributed by atoms with Crippen LogP contribution in [0.25, 0.3) is 0 Å². The van der Waals surface area contributed by atoms with Crippen molar-refractivity contribution in [1.82, 2.24) is 15.6 Å². The highest BCUT2D eigenvalue weighted by atomic mass is 16.2. The average Bonchev–Trinajstić information content (AvgIpc) is 3.09. The number of anilines is 2. The molecule has 1 aliphatic rings. The van der Waals surface area contributed by atoms with Gasteiger partial charge in [0, 0.05) is 37.3 Å². The van der Waals surface area contributed by atoms with E-state index in [9.17, 15) is 9.59 Å². The van der Waals surface area contributed by atoms with Crippen LogP contribution >= 0.6 is 0 Å². The number of guanidine groups is 1. The van der Waals surface area contributed by atoms with E-state index in [0.29, 0.717) is 37.8 Å². The van der Waals surface area contributed by atoms with E-state index in [0.717, 1.165) is 11.4 Å². The van der Waals surface area contributed by atoms with Crippen LogP contribution < -0.4 is 20.9 Å². The van der Waals surface area contributed by atoms with Crippen LogP contribution in [0.5, 0.6) is 0 Å². The minimum Gasteiger partial charge on any atom is -0.357 e. The maximum atomic E-state index is 12.4. The average molecular weight is 409 g/mol. The number of nitrogens with zero attached hydrogens (tertiary/aromatic N) is 3. The molecule has 2 amide bonds. The molecule has 1 saturated heterocycles. The molecule has 0 aliphatic carbocycles. The van der Waals surface area contributed by atoms with Crippen LogP contribution in [0.4, 0.5) is 11.5 Å². The van der Waals surface area contributed by atoms with Crippen molar-refractivity contribution in [1.29, 1.82) is 0 Å². The topological polar surface area (TPSA) is 98.7 Å². The summed E-state index contributed by atoms with van der Waals surface area (Å²) in [5.74, 6) is 1.09.